The van der Waals surface area contributed by atoms with Gasteiger partial charge in [-0.05, 0) is 30.3 Å². The van der Waals surface area contributed by atoms with E-state index in [0.29, 0.717) is 10.3 Å². The van der Waals surface area contributed by atoms with Crippen molar-refractivity contribution in [3.05, 3.63) is 63.6 Å². The number of aromatic nitrogens is 4. The first-order valence-electron chi connectivity index (χ1n) is 7.82. The van der Waals surface area contributed by atoms with Crippen molar-refractivity contribution in [2.75, 3.05) is 13.7 Å². The fourth-order valence-corrected chi connectivity index (χ4v) is 4.08. The average Bonchev–Trinajstić information content (AvgIpc) is 3.18. The largest absolute Gasteiger partial charge is 0.495 e. The summed E-state index contributed by atoms with van der Waals surface area (Å²) in [4.78, 5) is 12.0. The molecule has 2 heterocycles. The first kappa shape index (κ1) is 19.3. The van der Waals surface area contributed by atoms with E-state index in [1.165, 1.54) is 28.6 Å². The van der Waals surface area contributed by atoms with E-state index in [1.807, 2.05) is 0 Å². The van der Waals surface area contributed by atoms with Gasteiger partial charge in [0.25, 0.3) is 5.56 Å². The fourth-order valence-electron chi connectivity index (χ4n) is 2.35. The van der Waals surface area contributed by atoms with Gasteiger partial charge in [-0.1, -0.05) is 15.9 Å². The van der Waals surface area contributed by atoms with Gasteiger partial charge in [0.05, 0.1) is 13.7 Å². The third kappa shape index (κ3) is 4.43. The molecule has 142 valence electrons. The van der Waals surface area contributed by atoms with Gasteiger partial charge in [0.1, 0.15) is 10.6 Å². The molecule has 0 spiro atoms. The molecule has 1 aromatic carbocycles. The van der Waals surface area contributed by atoms with Gasteiger partial charge in [-0.25, -0.2) is 22.5 Å². The van der Waals surface area contributed by atoms with Crippen LogP contribution in [-0.2, 0) is 16.6 Å². The lowest BCUT2D eigenvalue weighted by molar-refractivity contribution is 0.402. The molecule has 0 aliphatic rings. The SMILES string of the molecule is COc1ccc(Br)cc1S(=O)(=O)NCCn1nc(-n2cccn2)ccc1=O. The second-order valence-corrected chi connectivity index (χ2v) is 8.05. The molecule has 27 heavy (non-hydrogen) atoms. The zero-order chi connectivity index (χ0) is 19.4. The number of nitrogens with zero attached hydrogens (tertiary/aromatic N) is 4. The first-order valence-corrected chi connectivity index (χ1v) is 10.1. The molecule has 0 saturated heterocycles. The molecule has 11 heteroatoms. The second kappa shape index (κ2) is 8.03. The Morgan fingerprint density at radius 3 is 2.78 bits per heavy atom. The standard InChI is InChI=1S/C16H16BrN5O4S/c1-26-13-4-3-12(17)11-14(13)27(24,25)19-8-10-22-16(23)6-5-15(20-22)21-9-2-7-18-21/h2-7,9,11,19H,8,10H2,1H3. The topological polar surface area (TPSA) is 108 Å². The molecule has 0 atom stereocenters. The number of nitrogens with one attached hydrogen (secondary N) is 1. The molecular formula is C16H16BrN5O4S. The monoisotopic (exact) mass is 453 g/mol. The van der Waals surface area contributed by atoms with Gasteiger partial charge in [0, 0.05) is 29.5 Å². The molecule has 0 aliphatic heterocycles. The molecule has 3 aromatic rings. The lowest BCUT2D eigenvalue weighted by atomic mass is 10.3. The van der Waals surface area contributed by atoms with Crippen LogP contribution in [0.25, 0.3) is 5.82 Å². The highest BCUT2D eigenvalue weighted by atomic mass is 79.9. The number of sulfonamides is 1. The summed E-state index contributed by atoms with van der Waals surface area (Å²) in [7, 11) is -2.43. The Hall–Kier alpha value is -2.50. The Bertz CT molecular complexity index is 1100. The zero-order valence-electron chi connectivity index (χ0n) is 14.2. The van der Waals surface area contributed by atoms with Crippen LogP contribution >= 0.6 is 15.9 Å². The van der Waals surface area contributed by atoms with E-state index in [0.717, 1.165) is 0 Å². The number of hydrogen-bond donors (Lipinski definition) is 1. The smallest absolute Gasteiger partial charge is 0.266 e. The Morgan fingerprint density at radius 1 is 1.26 bits per heavy atom. The second-order valence-electron chi connectivity index (χ2n) is 5.40. The van der Waals surface area contributed by atoms with Gasteiger partial charge >= 0.3 is 0 Å². The molecule has 0 bridgehead atoms. The number of halogens is 1. The highest BCUT2D eigenvalue weighted by molar-refractivity contribution is 9.10. The summed E-state index contributed by atoms with van der Waals surface area (Å²) >= 11 is 3.25. The van der Waals surface area contributed by atoms with Crippen molar-refractivity contribution in [2.45, 2.75) is 11.4 Å². The molecule has 9 nitrogen and oxygen atoms in total. The molecule has 0 amide bonds. The van der Waals surface area contributed by atoms with E-state index < -0.39 is 10.0 Å². The number of hydrogen-bond acceptors (Lipinski definition) is 6. The van der Waals surface area contributed by atoms with Gasteiger partial charge in [0.15, 0.2) is 5.82 Å². The average molecular weight is 454 g/mol. The normalized spacial score (nSPS) is 11.5. The Labute approximate surface area is 163 Å². The molecule has 0 fully saturated rings. The van der Waals surface area contributed by atoms with Crippen molar-refractivity contribution in [1.29, 1.82) is 0 Å². The maximum Gasteiger partial charge on any atom is 0.266 e. The third-order valence-corrected chi connectivity index (χ3v) is 5.60. The summed E-state index contributed by atoms with van der Waals surface area (Å²) in [6.07, 6.45) is 3.29. The van der Waals surface area contributed by atoms with Crippen LogP contribution in [0.2, 0.25) is 0 Å². The Kier molecular flexibility index (Phi) is 5.73. The van der Waals surface area contributed by atoms with Crippen LogP contribution in [0.4, 0.5) is 0 Å². The predicted octanol–water partition coefficient (Wildman–Crippen LogP) is 1.18. The maximum atomic E-state index is 12.6. The first-order chi connectivity index (χ1) is 12.9. The minimum atomic E-state index is -3.83. The molecular weight excluding hydrogens is 438 g/mol. The minimum absolute atomic E-state index is 0.00460. The van der Waals surface area contributed by atoms with Crippen molar-refractivity contribution in [2.24, 2.45) is 0 Å². The lowest BCUT2D eigenvalue weighted by Gasteiger charge is -2.12. The summed E-state index contributed by atoms with van der Waals surface area (Å²) in [6, 6.07) is 9.32. The summed E-state index contributed by atoms with van der Waals surface area (Å²) in [5.74, 6) is 0.679. The molecule has 0 radical (unpaired) electrons. The molecule has 0 saturated carbocycles. The van der Waals surface area contributed by atoms with Crippen LogP contribution in [0.15, 0.2) is 63.0 Å². The lowest BCUT2D eigenvalue weighted by Crippen LogP contribution is -2.32. The van der Waals surface area contributed by atoms with Crippen molar-refractivity contribution in [3.8, 4) is 11.6 Å². The van der Waals surface area contributed by atoms with Gasteiger partial charge in [-0.15, -0.1) is 5.10 Å². The number of benzene rings is 1. The van der Waals surface area contributed by atoms with Gasteiger partial charge in [0.2, 0.25) is 10.0 Å². The van der Waals surface area contributed by atoms with Crippen LogP contribution in [0.3, 0.4) is 0 Å². The molecule has 0 unspecified atom stereocenters. The van der Waals surface area contributed by atoms with Crippen LogP contribution < -0.4 is 15.0 Å². The van der Waals surface area contributed by atoms with Crippen molar-refractivity contribution in [1.82, 2.24) is 24.3 Å². The Balaban J connectivity index is 1.76. The van der Waals surface area contributed by atoms with E-state index in [1.54, 1.807) is 36.7 Å². The van der Waals surface area contributed by atoms with E-state index in [4.69, 9.17) is 4.74 Å². The third-order valence-electron chi connectivity index (χ3n) is 3.62. The fraction of sp³-hybridized carbons (Fsp3) is 0.188. The van der Waals surface area contributed by atoms with Crippen molar-refractivity contribution >= 4 is 26.0 Å². The summed E-state index contributed by atoms with van der Waals surface area (Å²) < 4.78 is 36.0. The molecule has 2 aromatic heterocycles. The number of rotatable bonds is 7. The predicted molar refractivity (Wildman–Crippen MR) is 102 cm³/mol. The quantitative estimate of drug-likeness (QED) is 0.575. The highest BCUT2D eigenvalue weighted by Crippen LogP contribution is 2.26. The summed E-state index contributed by atoms with van der Waals surface area (Å²) in [5, 5.41) is 8.25. The maximum absolute atomic E-state index is 12.6. The molecule has 3 rings (SSSR count). The Morgan fingerprint density at radius 2 is 2.07 bits per heavy atom. The van der Waals surface area contributed by atoms with Crippen LogP contribution in [0.5, 0.6) is 5.75 Å². The van der Waals surface area contributed by atoms with Crippen LogP contribution in [0.1, 0.15) is 0 Å². The van der Waals surface area contributed by atoms with E-state index >= 15 is 0 Å². The molecule has 0 aliphatic carbocycles. The van der Waals surface area contributed by atoms with Crippen LogP contribution in [-0.4, -0.2) is 41.6 Å². The van der Waals surface area contributed by atoms with Gasteiger partial charge in [-0.3, -0.25) is 4.79 Å². The van der Waals surface area contributed by atoms with E-state index in [-0.39, 0.29) is 29.3 Å². The number of methoxy groups -OCH3 is 1. The summed E-state index contributed by atoms with van der Waals surface area (Å²) in [6.45, 7) is 0.0386. The number of ether oxygens (including phenoxy) is 1. The minimum Gasteiger partial charge on any atom is -0.495 e. The zero-order valence-corrected chi connectivity index (χ0v) is 16.6. The highest BCUT2D eigenvalue weighted by Gasteiger charge is 2.19. The van der Waals surface area contributed by atoms with E-state index in [9.17, 15) is 13.2 Å². The van der Waals surface area contributed by atoms with Crippen molar-refractivity contribution < 1.29 is 13.2 Å². The molecule has 1 N–H and O–H groups in total. The van der Waals surface area contributed by atoms with Gasteiger partial charge in [-0.2, -0.15) is 5.10 Å². The summed E-state index contributed by atoms with van der Waals surface area (Å²) in [5.41, 5.74) is -0.342. The van der Waals surface area contributed by atoms with E-state index in [2.05, 4.69) is 30.8 Å². The van der Waals surface area contributed by atoms with Crippen molar-refractivity contribution in [3.63, 3.8) is 0 Å². The van der Waals surface area contributed by atoms with Gasteiger partial charge < -0.3 is 4.74 Å². The van der Waals surface area contributed by atoms with Crippen LogP contribution in [0, 0.1) is 0 Å².